The van der Waals surface area contributed by atoms with Crippen LogP contribution in [-0.2, 0) is 0 Å². The summed E-state index contributed by atoms with van der Waals surface area (Å²) >= 11 is 9.14. The van der Waals surface area contributed by atoms with Crippen molar-refractivity contribution in [3.05, 3.63) is 40.4 Å². The zero-order valence-corrected chi connectivity index (χ0v) is 9.14. The molecule has 0 spiro atoms. The van der Waals surface area contributed by atoms with E-state index in [4.69, 9.17) is 16.9 Å². The Labute approximate surface area is 90.8 Å². The fraction of sp³-hybridized carbons (Fsp3) is 0.100. The van der Waals surface area contributed by atoms with Crippen molar-refractivity contribution in [1.82, 2.24) is 0 Å². The number of nitriles is 1. The smallest absolute Gasteiger partial charge is 0.0956 e. The molecule has 0 heterocycles. The maximum absolute atomic E-state index is 8.69. The number of halogens is 2. The van der Waals surface area contributed by atoms with Gasteiger partial charge in [0, 0.05) is 15.9 Å². The Balaban J connectivity index is 3.04. The van der Waals surface area contributed by atoms with Crippen LogP contribution < -0.4 is 0 Å². The molecule has 0 aliphatic rings. The molecule has 0 bridgehead atoms. The van der Waals surface area contributed by atoms with Crippen LogP contribution in [0.15, 0.2) is 29.8 Å². The van der Waals surface area contributed by atoms with Crippen molar-refractivity contribution >= 4 is 33.6 Å². The maximum Gasteiger partial charge on any atom is 0.0956 e. The van der Waals surface area contributed by atoms with Crippen LogP contribution in [0.5, 0.6) is 0 Å². The van der Waals surface area contributed by atoms with Gasteiger partial charge in [-0.25, -0.2) is 0 Å². The van der Waals surface area contributed by atoms with E-state index in [1.165, 1.54) is 0 Å². The van der Waals surface area contributed by atoms with E-state index in [2.05, 4.69) is 22.0 Å². The molecule has 0 saturated heterocycles. The maximum atomic E-state index is 8.69. The number of rotatable bonds is 2. The van der Waals surface area contributed by atoms with Gasteiger partial charge < -0.3 is 0 Å². The molecule has 0 aliphatic heterocycles. The topological polar surface area (TPSA) is 23.8 Å². The average molecular weight is 257 g/mol. The molecule has 0 N–H and O–H groups in total. The van der Waals surface area contributed by atoms with E-state index >= 15 is 0 Å². The minimum Gasteiger partial charge on any atom is -0.193 e. The van der Waals surface area contributed by atoms with E-state index in [1.54, 1.807) is 12.1 Å². The molecule has 3 heteroatoms. The summed E-state index contributed by atoms with van der Waals surface area (Å²) in [7, 11) is 0. The molecule has 1 rings (SSSR count). The normalized spacial score (nSPS) is 11.0. The largest absolute Gasteiger partial charge is 0.193 e. The van der Waals surface area contributed by atoms with Crippen molar-refractivity contribution in [2.75, 3.05) is 5.33 Å². The second-order valence-corrected chi connectivity index (χ2v) is 3.40. The van der Waals surface area contributed by atoms with Gasteiger partial charge in [0.1, 0.15) is 0 Å². The molecule has 1 aromatic carbocycles. The Morgan fingerprint density at radius 2 is 2.23 bits per heavy atom. The molecule has 1 nitrogen and oxygen atoms in total. The SMILES string of the molecule is N#C/C(=C\c1ccccc1Cl)CBr. The van der Waals surface area contributed by atoms with Gasteiger partial charge in [-0.2, -0.15) is 5.26 Å². The fourth-order valence-electron chi connectivity index (χ4n) is 0.881. The summed E-state index contributed by atoms with van der Waals surface area (Å²) in [5.41, 5.74) is 1.54. The summed E-state index contributed by atoms with van der Waals surface area (Å²) in [6.45, 7) is 0. The molecular weight excluding hydrogens is 249 g/mol. The Morgan fingerprint density at radius 1 is 1.54 bits per heavy atom. The molecule has 0 aromatic heterocycles. The van der Waals surface area contributed by atoms with E-state index in [1.807, 2.05) is 18.2 Å². The molecule has 0 radical (unpaired) electrons. The quantitative estimate of drug-likeness (QED) is 0.585. The summed E-state index contributed by atoms with van der Waals surface area (Å²) < 4.78 is 0. The van der Waals surface area contributed by atoms with Gasteiger partial charge in [0.2, 0.25) is 0 Å². The van der Waals surface area contributed by atoms with Crippen LogP contribution in [0.25, 0.3) is 6.08 Å². The first-order valence-electron chi connectivity index (χ1n) is 3.69. The average Bonchev–Trinajstić information content (AvgIpc) is 2.17. The van der Waals surface area contributed by atoms with Gasteiger partial charge >= 0.3 is 0 Å². The lowest BCUT2D eigenvalue weighted by molar-refractivity contribution is 1.47. The molecule has 0 amide bonds. The Morgan fingerprint density at radius 3 is 2.77 bits per heavy atom. The molecule has 0 aliphatic carbocycles. The highest BCUT2D eigenvalue weighted by Crippen LogP contribution is 2.18. The lowest BCUT2D eigenvalue weighted by atomic mass is 10.1. The van der Waals surface area contributed by atoms with Crippen molar-refractivity contribution in [3.8, 4) is 6.07 Å². The van der Waals surface area contributed by atoms with E-state index in [9.17, 15) is 0 Å². The van der Waals surface area contributed by atoms with Crippen LogP contribution in [0, 0.1) is 11.3 Å². The van der Waals surface area contributed by atoms with Crippen molar-refractivity contribution in [3.63, 3.8) is 0 Å². The summed E-state index contributed by atoms with van der Waals surface area (Å²) in [6.07, 6.45) is 1.77. The highest BCUT2D eigenvalue weighted by Gasteiger charge is 1.97. The Kier molecular flexibility index (Phi) is 4.01. The summed E-state index contributed by atoms with van der Waals surface area (Å²) in [5, 5.41) is 9.90. The van der Waals surface area contributed by atoms with Gasteiger partial charge in [-0.05, 0) is 17.7 Å². The molecule has 0 fully saturated rings. The zero-order valence-electron chi connectivity index (χ0n) is 6.80. The summed E-state index contributed by atoms with van der Waals surface area (Å²) in [4.78, 5) is 0. The first-order valence-corrected chi connectivity index (χ1v) is 5.19. The monoisotopic (exact) mass is 255 g/mol. The number of alkyl halides is 1. The van der Waals surface area contributed by atoms with Crippen molar-refractivity contribution in [1.29, 1.82) is 5.26 Å². The van der Waals surface area contributed by atoms with E-state index in [0.717, 1.165) is 5.56 Å². The summed E-state index contributed by atoms with van der Waals surface area (Å²) in [5.74, 6) is 0. The number of hydrogen-bond acceptors (Lipinski definition) is 1. The van der Waals surface area contributed by atoms with Crippen molar-refractivity contribution < 1.29 is 0 Å². The van der Waals surface area contributed by atoms with E-state index in [-0.39, 0.29) is 0 Å². The number of allylic oxidation sites excluding steroid dienone is 1. The lowest BCUT2D eigenvalue weighted by Gasteiger charge is -1.97. The zero-order chi connectivity index (χ0) is 9.68. The van der Waals surface area contributed by atoms with Crippen molar-refractivity contribution in [2.24, 2.45) is 0 Å². The summed E-state index contributed by atoms with van der Waals surface area (Å²) in [6, 6.07) is 9.51. The fourth-order valence-corrected chi connectivity index (χ4v) is 1.36. The highest BCUT2D eigenvalue weighted by molar-refractivity contribution is 9.09. The Hall–Kier alpha value is -0.780. The van der Waals surface area contributed by atoms with Gasteiger partial charge in [-0.3, -0.25) is 0 Å². The Bertz CT molecular complexity index is 365. The van der Waals surface area contributed by atoms with Crippen LogP contribution >= 0.6 is 27.5 Å². The number of benzene rings is 1. The van der Waals surface area contributed by atoms with Gasteiger partial charge in [0.25, 0.3) is 0 Å². The van der Waals surface area contributed by atoms with Gasteiger partial charge in [0.15, 0.2) is 0 Å². The van der Waals surface area contributed by atoms with Crippen LogP contribution in [0.3, 0.4) is 0 Å². The molecule has 0 unspecified atom stereocenters. The van der Waals surface area contributed by atoms with E-state index < -0.39 is 0 Å². The molecule has 13 heavy (non-hydrogen) atoms. The number of nitrogens with zero attached hydrogens (tertiary/aromatic N) is 1. The van der Waals surface area contributed by atoms with Crippen LogP contribution in [0.4, 0.5) is 0 Å². The van der Waals surface area contributed by atoms with Gasteiger partial charge in [-0.15, -0.1) is 0 Å². The first-order chi connectivity index (χ1) is 6.27. The van der Waals surface area contributed by atoms with Crippen molar-refractivity contribution in [2.45, 2.75) is 0 Å². The molecule has 66 valence electrons. The third-order valence-electron chi connectivity index (χ3n) is 1.52. The minimum atomic E-state index is 0.550. The first kappa shape index (κ1) is 10.3. The molecule has 1 aromatic rings. The number of hydrogen-bond donors (Lipinski definition) is 0. The lowest BCUT2D eigenvalue weighted by Crippen LogP contribution is -1.80. The predicted octanol–water partition coefficient (Wildman–Crippen LogP) is 3.64. The van der Waals surface area contributed by atoms with Crippen LogP contribution in [0.1, 0.15) is 5.56 Å². The van der Waals surface area contributed by atoms with Crippen LogP contribution in [-0.4, -0.2) is 5.33 Å². The predicted molar refractivity (Wildman–Crippen MR) is 58.8 cm³/mol. The van der Waals surface area contributed by atoms with Crippen LogP contribution in [0.2, 0.25) is 5.02 Å². The third kappa shape index (κ3) is 2.87. The van der Waals surface area contributed by atoms with Gasteiger partial charge in [0.05, 0.1) is 6.07 Å². The minimum absolute atomic E-state index is 0.550. The third-order valence-corrected chi connectivity index (χ3v) is 2.47. The molecule has 0 atom stereocenters. The second kappa shape index (κ2) is 5.06. The highest BCUT2D eigenvalue weighted by atomic mass is 79.9. The molecule has 0 saturated carbocycles. The van der Waals surface area contributed by atoms with E-state index in [0.29, 0.717) is 15.9 Å². The second-order valence-electron chi connectivity index (χ2n) is 2.44. The molecular formula is C10H7BrClN. The standard InChI is InChI=1S/C10H7BrClN/c11-6-8(7-13)5-9-3-1-2-4-10(9)12/h1-5H,6H2/b8-5-. The van der Waals surface area contributed by atoms with Gasteiger partial charge in [-0.1, -0.05) is 45.7 Å².